The van der Waals surface area contributed by atoms with E-state index in [0.29, 0.717) is 6.61 Å². The third kappa shape index (κ3) is 5.07. The van der Waals surface area contributed by atoms with Crippen molar-refractivity contribution in [1.29, 1.82) is 0 Å². The summed E-state index contributed by atoms with van der Waals surface area (Å²) in [5.41, 5.74) is 2.04. The third-order valence-electron chi connectivity index (χ3n) is 5.07. The Bertz CT molecular complexity index is 583. The molecule has 0 aromatic heterocycles. The zero-order valence-corrected chi connectivity index (χ0v) is 16.4. The van der Waals surface area contributed by atoms with Crippen LogP contribution in [0.3, 0.4) is 0 Å². The lowest BCUT2D eigenvalue weighted by molar-refractivity contribution is -0.228. The summed E-state index contributed by atoms with van der Waals surface area (Å²) >= 11 is 0. The number of hydrogen-bond donors (Lipinski definition) is 2. The minimum absolute atomic E-state index is 0.0257. The molecule has 1 aromatic carbocycles. The summed E-state index contributed by atoms with van der Waals surface area (Å²) in [5.74, 6) is 0.802. The fourth-order valence-corrected chi connectivity index (χ4v) is 3.36. The molecule has 5 nitrogen and oxygen atoms in total. The lowest BCUT2D eigenvalue weighted by Crippen LogP contribution is -2.36. The maximum absolute atomic E-state index is 10.3. The summed E-state index contributed by atoms with van der Waals surface area (Å²) in [4.78, 5) is 0. The van der Waals surface area contributed by atoms with Gasteiger partial charge in [0.2, 0.25) is 0 Å². The van der Waals surface area contributed by atoms with E-state index in [0.717, 1.165) is 16.9 Å². The highest BCUT2D eigenvalue weighted by atomic mass is 16.7. The molecule has 1 fully saturated rings. The molecular formula is C21H32O5. The predicted molar refractivity (Wildman–Crippen MR) is 101 cm³/mol. The minimum Gasteiger partial charge on any atom is -0.497 e. The molecule has 1 saturated heterocycles. The van der Waals surface area contributed by atoms with Gasteiger partial charge in [0.15, 0.2) is 6.29 Å². The molecule has 0 amide bonds. The number of ether oxygens (including phenoxy) is 3. The highest BCUT2D eigenvalue weighted by Gasteiger charge is 2.31. The van der Waals surface area contributed by atoms with Crippen LogP contribution in [0.5, 0.6) is 5.75 Å². The molecule has 26 heavy (non-hydrogen) atoms. The van der Waals surface area contributed by atoms with E-state index < -0.39 is 12.4 Å². The van der Waals surface area contributed by atoms with Crippen LogP contribution in [0, 0.1) is 17.8 Å². The topological polar surface area (TPSA) is 68.2 Å². The molecule has 1 aliphatic heterocycles. The normalized spacial score (nSPS) is 27.7. The molecule has 2 rings (SSSR count). The van der Waals surface area contributed by atoms with Gasteiger partial charge in [0.05, 0.1) is 25.9 Å². The van der Waals surface area contributed by atoms with Crippen molar-refractivity contribution in [2.75, 3.05) is 20.3 Å². The van der Waals surface area contributed by atoms with Crippen molar-refractivity contribution in [3.8, 4) is 5.75 Å². The first-order chi connectivity index (χ1) is 12.4. The summed E-state index contributed by atoms with van der Waals surface area (Å²) < 4.78 is 17.3. The lowest BCUT2D eigenvalue weighted by Gasteiger charge is -2.36. The van der Waals surface area contributed by atoms with E-state index in [1.54, 1.807) is 7.11 Å². The summed E-state index contributed by atoms with van der Waals surface area (Å²) in [6, 6.07) is 7.69. The monoisotopic (exact) mass is 364 g/mol. The van der Waals surface area contributed by atoms with Gasteiger partial charge < -0.3 is 24.4 Å². The van der Waals surface area contributed by atoms with Gasteiger partial charge in [-0.05, 0) is 24.6 Å². The Hall–Kier alpha value is -1.40. The second-order valence-electron chi connectivity index (χ2n) is 7.39. The number of aliphatic hydroxyl groups is 2. The van der Waals surface area contributed by atoms with E-state index in [4.69, 9.17) is 14.2 Å². The SMILES string of the molecule is COc1ccc(C2OC[C@H](C)[C@@H](/C(C)=C\[C@@H](C)[C@@H](O)[C@@H](C)CO)O2)cc1. The fourth-order valence-electron chi connectivity index (χ4n) is 3.36. The van der Waals surface area contributed by atoms with Crippen LogP contribution in [0.1, 0.15) is 39.5 Å². The molecule has 1 unspecified atom stereocenters. The van der Waals surface area contributed by atoms with Gasteiger partial charge in [0.25, 0.3) is 0 Å². The van der Waals surface area contributed by atoms with Crippen molar-refractivity contribution >= 4 is 0 Å². The zero-order valence-electron chi connectivity index (χ0n) is 16.4. The van der Waals surface area contributed by atoms with Crippen LogP contribution < -0.4 is 4.74 Å². The Labute approximate surface area is 156 Å². The highest BCUT2D eigenvalue weighted by Crippen LogP contribution is 2.33. The molecule has 1 aliphatic rings. The fraction of sp³-hybridized carbons (Fsp3) is 0.619. The largest absolute Gasteiger partial charge is 0.497 e. The third-order valence-corrected chi connectivity index (χ3v) is 5.07. The molecule has 0 saturated carbocycles. The molecule has 0 aliphatic carbocycles. The first-order valence-corrected chi connectivity index (χ1v) is 9.25. The Morgan fingerprint density at radius 2 is 1.96 bits per heavy atom. The molecule has 5 heteroatoms. The maximum Gasteiger partial charge on any atom is 0.184 e. The van der Waals surface area contributed by atoms with Gasteiger partial charge in [-0.3, -0.25) is 0 Å². The van der Waals surface area contributed by atoms with Crippen molar-refractivity contribution in [2.24, 2.45) is 17.8 Å². The Morgan fingerprint density at radius 3 is 2.54 bits per heavy atom. The van der Waals surface area contributed by atoms with Crippen LogP contribution in [0.15, 0.2) is 35.9 Å². The second kappa shape index (κ2) is 9.51. The van der Waals surface area contributed by atoms with Crippen LogP contribution >= 0.6 is 0 Å². The molecule has 1 aromatic rings. The van der Waals surface area contributed by atoms with Gasteiger partial charge in [-0.25, -0.2) is 0 Å². The first-order valence-electron chi connectivity index (χ1n) is 9.25. The molecule has 6 atom stereocenters. The van der Waals surface area contributed by atoms with E-state index in [1.807, 2.05) is 51.1 Å². The molecule has 1 heterocycles. The summed E-state index contributed by atoms with van der Waals surface area (Å²) in [7, 11) is 1.64. The molecule has 0 spiro atoms. The smallest absolute Gasteiger partial charge is 0.184 e. The van der Waals surface area contributed by atoms with E-state index >= 15 is 0 Å². The van der Waals surface area contributed by atoms with Gasteiger partial charge in [0, 0.05) is 29.9 Å². The van der Waals surface area contributed by atoms with Crippen LogP contribution in [-0.4, -0.2) is 42.7 Å². The van der Waals surface area contributed by atoms with Gasteiger partial charge in [-0.2, -0.15) is 0 Å². The van der Waals surface area contributed by atoms with Crippen molar-refractivity contribution in [2.45, 2.75) is 46.2 Å². The number of benzene rings is 1. The maximum atomic E-state index is 10.3. The second-order valence-corrected chi connectivity index (χ2v) is 7.39. The number of aliphatic hydroxyl groups excluding tert-OH is 2. The molecule has 2 N–H and O–H groups in total. The van der Waals surface area contributed by atoms with Crippen molar-refractivity contribution < 1.29 is 24.4 Å². The summed E-state index contributed by atoms with van der Waals surface area (Å²) in [5, 5.41) is 19.5. The Balaban J connectivity index is 2.09. The Morgan fingerprint density at radius 1 is 1.31 bits per heavy atom. The predicted octanol–water partition coefficient (Wildman–Crippen LogP) is 3.32. The van der Waals surface area contributed by atoms with Crippen molar-refractivity contribution in [3.63, 3.8) is 0 Å². The first kappa shape index (κ1) is 20.9. The van der Waals surface area contributed by atoms with Crippen LogP contribution in [0.2, 0.25) is 0 Å². The molecule has 0 radical (unpaired) electrons. The van der Waals surface area contributed by atoms with Gasteiger partial charge in [-0.1, -0.05) is 39.0 Å². The van der Waals surface area contributed by atoms with Crippen LogP contribution in [-0.2, 0) is 9.47 Å². The van der Waals surface area contributed by atoms with Gasteiger partial charge in [-0.15, -0.1) is 0 Å². The van der Waals surface area contributed by atoms with Gasteiger partial charge in [0.1, 0.15) is 5.75 Å². The van der Waals surface area contributed by atoms with Crippen molar-refractivity contribution in [3.05, 3.63) is 41.5 Å². The molecule has 146 valence electrons. The highest BCUT2D eigenvalue weighted by molar-refractivity contribution is 5.28. The van der Waals surface area contributed by atoms with E-state index in [-0.39, 0.29) is 30.5 Å². The average Bonchev–Trinajstić information content (AvgIpc) is 2.67. The van der Waals surface area contributed by atoms with Crippen molar-refractivity contribution in [1.82, 2.24) is 0 Å². The number of methoxy groups -OCH3 is 1. The summed E-state index contributed by atoms with van der Waals surface area (Å²) in [6.45, 7) is 8.52. The lowest BCUT2D eigenvalue weighted by atomic mass is 9.89. The Kier molecular flexibility index (Phi) is 7.65. The quantitative estimate of drug-likeness (QED) is 0.727. The molecule has 0 bridgehead atoms. The number of hydrogen-bond acceptors (Lipinski definition) is 5. The van der Waals surface area contributed by atoms with Gasteiger partial charge >= 0.3 is 0 Å². The minimum atomic E-state index is -0.581. The zero-order chi connectivity index (χ0) is 19.3. The standard InChI is InChI=1S/C21H32O5/c1-13(19(23)15(3)11-22)10-14(2)20-16(4)12-25-21(26-20)17-6-8-18(24-5)9-7-17/h6-10,13,15-16,19-23H,11-12H2,1-5H3/b14-10-/t13-,15+,16+,19-,20-,21?/m1/s1. The van der Waals surface area contributed by atoms with E-state index in [1.165, 1.54) is 0 Å². The van der Waals surface area contributed by atoms with Crippen LogP contribution in [0.4, 0.5) is 0 Å². The summed E-state index contributed by atoms with van der Waals surface area (Å²) in [6.07, 6.45) is 0.980. The molecular weight excluding hydrogens is 332 g/mol. The number of rotatable bonds is 7. The average molecular weight is 364 g/mol. The van der Waals surface area contributed by atoms with E-state index in [2.05, 4.69) is 6.92 Å². The van der Waals surface area contributed by atoms with Crippen LogP contribution in [0.25, 0.3) is 0 Å². The van der Waals surface area contributed by atoms with E-state index in [9.17, 15) is 10.2 Å².